The zero-order valence-corrected chi connectivity index (χ0v) is 21.1. The van der Waals surface area contributed by atoms with Gasteiger partial charge in [-0.25, -0.2) is 18.2 Å². The van der Waals surface area contributed by atoms with Gasteiger partial charge in [0.15, 0.2) is 10.9 Å². The van der Waals surface area contributed by atoms with Crippen molar-refractivity contribution in [2.45, 2.75) is 32.8 Å². The monoisotopic (exact) mass is 516 g/mol. The molecule has 2 amide bonds. The summed E-state index contributed by atoms with van der Waals surface area (Å²) >= 11 is 1.30. The smallest absolute Gasteiger partial charge is 0.413 e. The molecule has 0 unspecified atom stereocenters. The van der Waals surface area contributed by atoms with Crippen molar-refractivity contribution in [3.05, 3.63) is 42.0 Å². The molecule has 4 aromatic rings. The molecule has 0 saturated carbocycles. The number of aromatic nitrogens is 3. The first-order chi connectivity index (χ1) is 16.3. The fourth-order valence-electron chi connectivity index (χ4n) is 3.28. The quantitative estimate of drug-likeness (QED) is 0.301. The molecule has 2 heterocycles. The number of benzene rings is 2. The van der Waals surface area contributed by atoms with Crippen LogP contribution in [0, 0.1) is 0 Å². The number of sulfonamides is 1. The van der Waals surface area contributed by atoms with Gasteiger partial charge in [0.05, 0.1) is 28.4 Å². The zero-order chi connectivity index (χ0) is 25.4. The Morgan fingerprint density at radius 3 is 2.60 bits per heavy atom. The number of carbonyl (C=O) groups is 2. The average molecular weight is 517 g/mol. The molecule has 184 valence electrons. The fraction of sp³-hybridized carbons (Fsp3) is 0.273. The lowest BCUT2D eigenvalue weighted by atomic mass is 10.1. The van der Waals surface area contributed by atoms with Gasteiger partial charge in [0, 0.05) is 11.1 Å². The van der Waals surface area contributed by atoms with E-state index in [9.17, 15) is 18.0 Å². The molecular formula is C22H24N6O5S2. The summed E-state index contributed by atoms with van der Waals surface area (Å²) in [7, 11) is -3.44. The van der Waals surface area contributed by atoms with Gasteiger partial charge in [-0.3, -0.25) is 19.9 Å². The van der Waals surface area contributed by atoms with E-state index in [-0.39, 0.29) is 12.3 Å². The number of fused-ring (bicyclic) bond motifs is 2. The molecule has 0 saturated heterocycles. The minimum atomic E-state index is -3.44. The topological polar surface area (TPSA) is 155 Å². The summed E-state index contributed by atoms with van der Waals surface area (Å²) in [4.78, 5) is 29.1. The number of H-pyrrole nitrogens is 1. The first-order valence-corrected chi connectivity index (χ1v) is 13.2. The second kappa shape index (κ2) is 9.15. The van der Waals surface area contributed by atoms with E-state index in [2.05, 4.69) is 30.5 Å². The van der Waals surface area contributed by atoms with Crippen LogP contribution in [-0.4, -0.2) is 47.5 Å². The number of nitrogens with zero attached hydrogens (tertiary/aromatic N) is 2. The zero-order valence-electron chi connectivity index (χ0n) is 19.4. The maximum absolute atomic E-state index is 12.7. The van der Waals surface area contributed by atoms with E-state index in [1.807, 2.05) is 12.1 Å². The van der Waals surface area contributed by atoms with Crippen LogP contribution in [0.25, 0.3) is 21.1 Å². The van der Waals surface area contributed by atoms with E-state index in [1.54, 1.807) is 45.0 Å². The van der Waals surface area contributed by atoms with E-state index >= 15 is 0 Å². The molecule has 11 nitrogen and oxygen atoms in total. The van der Waals surface area contributed by atoms with Crippen molar-refractivity contribution in [3.63, 3.8) is 0 Å². The molecule has 0 aliphatic rings. The van der Waals surface area contributed by atoms with Gasteiger partial charge in [-0.05, 0) is 56.7 Å². The summed E-state index contributed by atoms with van der Waals surface area (Å²) in [5.74, 6) is -0.0118. The number of thiazole rings is 1. The first-order valence-electron chi connectivity index (χ1n) is 10.5. The lowest BCUT2D eigenvalue weighted by molar-refractivity contribution is -0.115. The Labute approximate surface area is 205 Å². The van der Waals surface area contributed by atoms with Crippen LogP contribution in [0.15, 0.2) is 36.4 Å². The number of aromatic amines is 1. The Morgan fingerprint density at radius 1 is 1.11 bits per heavy atom. The van der Waals surface area contributed by atoms with Crippen molar-refractivity contribution in [1.29, 1.82) is 0 Å². The van der Waals surface area contributed by atoms with Gasteiger partial charge in [-0.1, -0.05) is 17.4 Å². The number of hydrogen-bond acceptors (Lipinski definition) is 8. The Kier molecular flexibility index (Phi) is 6.38. The molecule has 2 aromatic heterocycles. The standard InChI is InChI=1S/C22H24N6O5S2/c1-22(2,3)33-21(30)25-20-23-16-9-12(5-8-17(16)34-20)10-18(29)24-19-14-11-13(28-35(4,31)32)6-7-15(14)26-27-19/h5-9,11,28H,10H2,1-4H3,(H,23,25,30)(H2,24,26,27,29). The van der Waals surface area contributed by atoms with Crippen LogP contribution in [0.5, 0.6) is 0 Å². The van der Waals surface area contributed by atoms with Crippen LogP contribution in [0.1, 0.15) is 26.3 Å². The highest BCUT2D eigenvalue weighted by molar-refractivity contribution is 7.92. The lowest BCUT2D eigenvalue weighted by Crippen LogP contribution is -2.27. The predicted molar refractivity (Wildman–Crippen MR) is 136 cm³/mol. The van der Waals surface area contributed by atoms with Crippen LogP contribution in [0.2, 0.25) is 0 Å². The fourth-order valence-corrected chi connectivity index (χ4v) is 4.66. The summed E-state index contributed by atoms with van der Waals surface area (Å²) in [5.41, 5.74) is 1.76. The second-order valence-corrected chi connectivity index (χ2v) is 11.7. The van der Waals surface area contributed by atoms with E-state index in [0.29, 0.717) is 33.1 Å². The molecule has 13 heteroatoms. The van der Waals surface area contributed by atoms with Crippen LogP contribution < -0.4 is 15.4 Å². The highest BCUT2D eigenvalue weighted by Gasteiger charge is 2.18. The summed E-state index contributed by atoms with van der Waals surface area (Å²) in [5, 5.41) is 13.3. The molecule has 0 radical (unpaired) electrons. The molecular weight excluding hydrogens is 492 g/mol. The molecule has 0 aliphatic heterocycles. The maximum Gasteiger partial charge on any atom is 0.413 e. The van der Waals surface area contributed by atoms with Crippen LogP contribution >= 0.6 is 11.3 Å². The van der Waals surface area contributed by atoms with Crippen molar-refractivity contribution >= 4 is 71.1 Å². The highest BCUT2D eigenvalue weighted by Crippen LogP contribution is 2.28. The van der Waals surface area contributed by atoms with Gasteiger partial charge < -0.3 is 10.1 Å². The van der Waals surface area contributed by atoms with Crippen molar-refractivity contribution in [2.24, 2.45) is 0 Å². The van der Waals surface area contributed by atoms with Crippen molar-refractivity contribution in [2.75, 3.05) is 21.6 Å². The van der Waals surface area contributed by atoms with E-state index < -0.39 is 21.7 Å². The Balaban J connectivity index is 1.45. The maximum atomic E-state index is 12.7. The number of anilines is 3. The molecule has 0 atom stereocenters. The molecule has 0 spiro atoms. The second-order valence-electron chi connectivity index (χ2n) is 8.88. The van der Waals surface area contributed by atoms with Gasteiger partial charge in [0.1, 0.15) is 5.60 Å². The number of carbonyl (C=O) groups excluding carboxylic acids is 2. The molecule has 4 rings (SSSR count). The van der Waals surface area contributed by atoms with E-state index in [0.717, 1.165) is 16.5 Å². The number of hydrogen-bond donors (Lipinski definition) is 4. The van der Waals surface area contributed by atoms with Gasteiger partial charge in [0.2, 0.25) is 15.9 Å². The lowest BCUT2D eigenvalue weighted by Gasteiger charge is -2.18. The van der Waals surface area contributed by atoms with Crippen LogP contribution in [0.3, 0.4) is 0 Å². The summed E-state index contributed by atoms with van der Waals surface area (Å²) < 4.78 is 31.5. The molecule has 0 bridgehead atoms. The van der Waals surface area contributed by atoms with Crippen molar-refractivity contribution < 1.29 is 22.7 Å². The Bertz CT molecular complexity index is 1530. The number of nitrogens with one attached hydrogen (secondary N) is 4. The average Bonchev–Trinajstić information content (AvgIpc) is 3.28. The summed E-state index contributed by atoms with van der Waals surface area (Å²) in [6.45, 7) is 5.33. The minimum Gasteiger partial charge on any atom is -0.444 e. The molecule has 4 N–H and O–H groups in total. The van der Waals surface area contributed by atoms with Crippen molar-refractivity contribution in [1.82, 2.24) is 15.2 Å². The largest absolute Gasteiger partial charge is 0.444 e. The summed E-state index contributed by atoms with van der Waals surface area (Å²) in [6.07, 6.45) is 0.542. The van der Waals surface area contributed by atoms with Gasteiger partial charge >= 0.3 is 6.09 Å². The number of amides is 2. The van der Waals surface area contributed by atoms with Gasteiger partial charge in [-0.15, -0.1) is 0 Å². The SMILES string of the molecule is CC(C)(C)OC(=O)Nc1nc2cc(CC(=O)Nc3n[nH]c4ccc(NS(C)(=O)=O)cc34)ccc2s1. The van der Waals surface area contributed by atoms with E-state index in [4.69, 9.17) is 4.74 Å². The third-order valence-corrected chi connectivity index (χ3v) is 6.11. The van der Waals surface area contributed by atoms with Crippen LogP contribution in [0.4, 0.5) is 21.4 Å². The van der Waals surface area contributed by atoms with Crippen molar-refractivity contribution in [3.8, 4) is 0 Å². The van der Waals surface area contributed by atoms with E-state index in [1.165, 1.54) is 11.3 Å². The number of ether oxygens (including phenoxy) is 1. The predicted octanol–water partition coefficient (Wildman–Crippen LogP) is 4.07. The third kappa shape index (κ3) is 6.45. The molecule has 2 aromatic carbocycles. The van der Waals surface area contributed by atoms with Gasteiger partial charge in [-0.2, -0.15) is 5.10 Å². The Hall–Kier alpha value is -3.71. The normalized spacial score (nSPS) is 12.0. The highest BCUT2D eigenvalue weighted by atomic mass is 32.2. The minimum absolute atomic E-state index is 0.0674. The molecule has 0 fully saturated rings. The Morgan fingerprint density at radius 2 is 1.89 bits per heavy atom. The number of rotatable bonds is 6. The summed E-state index contributed by atoms with van der Waals surface area (Å²) in [6, 6.07) is 10.3. The molecule has 35 heavy (non-hydrogen) atoms. The van der Waals surface area contributed by atoms with Crippen LogP contribution in [-0.2, 0) is 26.0 Å². The molecule has 0 aliphatic carbocycles. The van der Waals surface area contributed by atoms with Gasteiger partial charge in [0.25, 0.3) is 0 Å². The first kappa shape index (κ1) is 24.4. The third-order valence-electron chi connectivity index (χ3n) is 4.55.